The molecule has 1 aliphatic rings. The zero-order chi connectivity index (χ0) is 23.4. The fourth-order valence-corrected chi connectivity index (χ4v) is 5.13. The van der Waals surface area contributed by atoms with E-state index in [2.05, 4.69) is 23.4 Å². The minimum Gasteiger partial charge on any atom is -0.451 e. The summed E-state index contributed by atoms with van der Waals surface area (Å²) in [4.78, 5) is 38.0. The van der Waals surface area contributed by atoms with Crippen LogP contribution in [0, 0.1) is 17.2 Å². The van der Waals surface area contributed by atoms with E-state index in [9.17, 15) is 19.6 Å². The van der Waals surface area contributed by atoms with Gasteiger partial charge >= 0.3 is 5.97 Å². The van der Waals surface area contributed by atoms with E-state index < -0.39 is 18.5 Å². The SMILES string of the molecule is C[C@@H]1CCc2c(sc(NC(=O)COC(=O)c3ccc(=O)n(Cc4ccccc4)n3)c2C#N)C1. The molecule has 1 aliphatic carbocycles. The summed E-state index contributed by atoms with van der Waals surface area (Å²) < 4.78 is 6.26. The number of anilines is 1. The van der Waals surface area contributed by atoms with Crippen LogP contribution in [0.15, 0.2) is 47.3 Å². The highest BCUT2D eigenvalue weighted by atomic mass is 32.1. The molecule has 0 aliphatic heterocycles. The second-order valence-electron chi connectivity index (χ2n) is 7.99. The lowest BCUT2D eigenvalue weighted by Gasteiger charge is -2.17. The monoisotopic (exact) mass is 462 g/mol. The summed E-state index contributed by atoms with van der Waals surface area (Å²) in [5.41, 5.74) is 1.94. The van der Waals surface area contributed by atoms with E-state index in [1.807, 2.05) is 30.3 Å². The summed E-state index contributed by atoms with van der Waals surface area (Å²) >= 11 is 1.41. The van der Waals surface area contributed by atoms with E-state index in [0.717, 1.165) is 35.3 Å². The minimum atomic E-state index is -0.813. The molecule has 0 spiro atoms. The Kier molecular flexibility index (Phi) is 6.66. The molecule has 0 saturated carbocycles. The molecule has 0 radical (unpaired) electrons. The summed E-state index contributed by atoms with van der Waals surface area (Å²) in [5, 5.41) is 16.8. The number of hydrogen-bond donors (Lipinski definition) is 1. The number of nitrogens with one attached hydrogen (secondary N) is 1. The van der Waals surface area contributed by atoms with Crippen LogP contribution in [0.2, 0.25) is 0 Å². The molecule has 1 aromatic carbocycles. The highest BCUT2D eigenvalue weighted by Gasteiger charge is 2.25. The Morgan fingerprint density at radius 3 is 2.82 bits per heavy atom. The fourth-order valence-electron chi connectivity index (χ4n) is 3.75. The number of fused-ring (bicyclic) bond motifs is 1. The van der Waals surface area contributed by atoms with Gasteiger partial charge in [0.2, 0.25) is 0 Å². The maximum atomic E-state index is 12.4. The summed E-state index contributed by atoms with van der Waals surface area (Å²) in [6, 6.07) is 14.0. The Hall–Kier alpha value is -3.77. The van der Waals surface area contributed by atoms with Crippen molar-refractivity contribution in [3.8, 4) is 6.07 Å². The molecule has 3 aromatic rings. The number of nitrogens with zero attached hydrogens (tertiary/aromatic N) is 3. The van der Waals surface area contributed by atoms with Crippen molar-refractivity contribution in [3.63, 3.8) is 0 Å². The summed E-state index contributed by atoms with van der Waals surface area (Å²) in [5.74, 6) is -0.805. The van der Waals surface area contributed by atoms with Crippen LogP contribution in [0.3, 0.4) is 0 Å². The van der Waals surface area contributed by atoms with Gasteiger partial charge in [-0.3, -0.25) is 9.59 Å². The lowest BCUT2D eigenvalue weighted by molar-refractivity contribution is -0.119. The number of carbonyl (C=O) groups is 2. The summed E-state index contributed by atoms with van der Waals surface area (Å²) in [7, 11) is 0. The number of carbonyl (C=O) groups excluding carboxylic acids is 2. The van der Waals surface area contributed by atoms with Crippen molar-refractivity contribution < 1.29 is 14.3 Å². The van der Waals surface area contributed by atoms with Crippen molar-refractivity contribution in [3.05, 3.63) is 80.1 Å². The molecule has 168 valence electrons. The lowest BCUT2D eigenvalue weighted by Crippen LogP contribution is -2.26. The Labute approximate surface area is 194 Å². The molecule has 9 heteroatoms. The van der Waals surface area contributed by atoms with Gasteiger partial charge in [0, 0.05) is 10.9 Å². The van der Waals surface area contributed by atoms with Gasteiger partial charge in [0.1, 0.15) is 11.1 Å². The molecule has 4 rings (SSSR count). The fraction of sp³-hybridized carbons (Fsp3) is 0.292. The molecule has 1 amide bonds. The van der Waals surface area contributed by atoms with Crippen molar-refractivity contribution in [1.82, 2.24) is 9.78 Å². The van der Waals surface area contributed by atoms with Crippen LogP contribution in [0.4, 0.5) is 5.00 Å². The van der Waals surface area contributed by atoms with Crippen molar-refractivity contribution in [2.45, 2.75) is 32.7 Å². The average Bonchev–Trinajstić information content (AvgIpc) is 3.15. The lowest BCUT2D eigenvalue weighted by atomic mass is 9.89. The number of nitriles is 1. The second-order valence-corrected chi connectivity index (χ2v) is 9.10. The minimum absolute atomic E-state index is 0.0726. The Bertz CT molecular complexity index is 1290. The topological polar surface area (TPSA) is 114 Å². The molecule has 0 fully saturated rings. The van der Waals surface area contributed by atoms with Crippen LogP contribution in [0.1, 0.15) is 45.4 Å². The van der Waals surface area contributed by atoms with Crippen LogP contribution >= 0.6 is 11.3 Å². The molecule has 2 aromatic heterocycles. The number of hydrogen-bond acceptors (Lipinski definition) is 7. The Morgan fingerprint density at radius 2 is 2.06 bits per heavy atom. The summed E-state index contributed by atoms with van der Waals surface area (Å²) in [6.07, 6.45) is 2.73. The van der Waals surface area contributed by atoms with Gasteiger partial charge in [0.05, 0.1) is 12.1 Å². The molecule has 0 unspecified atom stereocenters. The van der Waals surface area contributed by atoms with Crippen LogP contribution in [0.5, 0.6) is 0 Å². The number of aromatic nitrogens is 2. The van der Waals surface area contributed by atoms with E-state index >= 15 is 0 Å². The van der Waals surface area contributed by atoms with E-state index in [1.165, 1.54) is 28.2 Å². The van der Waals surface area contributed by atoms with Gasteiger partial charge in [-0.15, -0.1) is 11.3 Å². The number of rotatable bonds is 6. The predicted molar refractivity (Wildman–Crippen MR) is 123 cm³/mol. The maximum absolute atomic E-state index is 12.4. The third-order valence-electron chi connectivity index (χ3n) is 5.46. The van der Waals surface area contributed by atoms with Crippen LogP contribution in [0.25, 0.3) is 0 Å². The molecule has 0 saturated heterocycles. The normalized spacial score (nSPS) is 14.7. The number of ether oxygens (including phenoxy) is 1. The molecule has 33 heavy (non-hydrogen) atoms. The van der Waals surface area contributed by atoms with Gasteiger partial charge in [0.15, 0.2) is 12.3 Å². The molecule has 2 heterocycles. The number of benzene rings is 1. The third-order valence-corrected chi connectivity index (χ3v) is 6.63. The first kappa shape index (κ1) is 22.4. The van der Waals surface area contributed by atoms with Gasteiger partial charge in [-0.2, -0.15) is 10.4 Å². The number of thiophene rings is 1. The molecule has 1 atom stereocenters. The van der Waals surface area contributed by atoms with Gasteiger partial charge < -0.3 is 10.1 Å². The van der Waals surface area contributed by atoms with Gasteiger partial charge in [-0.1, -0.05) is 37.3 Å². The molecule has 1 N–H and O–H groups in total. The van der Waals surface area contributed by atoms with Crippen LogP contribution < -0.4 is 10.9 Å². The Morgan fingerprint density at radius 1 is 1.27 bits per heavy atom. The van der Waals surface area contributed by atoms with Crippen molar-refractivity contribution >= 4 is 28.2 Å². The smallest absolute Gasteiger partial charge is 0.359 e. The zero-order valence-corrected chi connectivity index (χ0v) is 18.9. The Balaban J connectivity index is 1.39. The maximum Gasteiger partial charge on any atom is 0.359 e. The van der Waals surface area contributed by atoms with Gasteiger partial charge in [-0.25, -0.2) is 9.48 Å². The zero-order valence-electron chi connectivity index (χ0n) is 18.0. The van der Waals surface area contributed by atoms with Crippen molar-refractivity contribution in [1.29, 1.82) is 5.26 Å². The van der Waals surface area contributed by atoms with E-state index in [4.69, 9.17) is 4.74 Å². The number of esters is 1. The molecule has 0 bridgehead atoms. The molecular weight excluding hydrogens is 440 g/mol. The predicted octanol–water partition coefficient (Wildman–Crippen LogP) is 3.15. The molecule has 8 nitrogen and oxygen atoms in total. The van der Waals surface area contributed by atoms with E-state index in [0.29, 0.717) is 16.5 Å². The molecular formula is C24H22N4O4S. The summed E-state index contributed by atoms with van der Waals surface area (Å²) in [6.45, 7) is 1.85. The van der Waals surface area contributed by atoms with Crippen LogP contribution in [-0.2, 0) is 28.9 Å². The van der Waals surface area contributed by atoms with E-state index in [-0.39, 0.29) is 17.8 Å². The number of amides is 1. The first-order valence-corrected chi connectivity index (χ1v) is 11.4. The van der Waals surface area contributed by atoms with Crippen molar-refractivity contribution in [2.24, 2.45) is 5.92 Å². The quantitative estimate of drug-likeness (QED) is 0.563. The standard InChI is InChI=1S/C24H22N4O4S/c1-15-7-8-17-18(12-25)23(33-20(17)11-15)26-21(29)14-32-24(31)19-9-10-22(30)28(27-19)13-16-5-3-2-4-6-16/h2-6,9-10,15H,7-8,11,13-14H2,1H3,(H,26,29)/t15-/m1/s1. The first-order valence-electron chi connectivity index (χ1n) is 10.6. The first-order chi connectivity index (χ1) is 15.9. The largest absolute Gasteiger partial charge is 0.451 e. The van der Waals surface area contributed by atoms with E-state index in [1.54, 1.807) is 0 Å². The van der Waals surface area contributed by atoms with Crippen LogP contribution in [-0.4, -0.2) is 28.3 Å². The second kappa shape index (κ2) is 9.79. The van der Waals surface area contributed by atoms with Crippen molar-refractivity contribution in [2.75, 3.05) is 11.9 Å². The van der Waals surface area contributed by atoms with Gasteiger partial charge in [0.25, 0.3) is 11.5 Å². The average molecular weight is 463 g/mol. The highest BCUT2D eigenvalue weighted by molar-refractivity contribution is 7.16. The highest BCUT2D eigenvalue weighted by Crippen LogP contribution is 2.39. The third kappa shape index (κ3) is 5.18. The van der Waals surface area contributed by atoms with Gasteiger partial charge in [-0.05, 0) is 42.4 Å².